The highest BCUT2D eigenvalue weighted by atomic mass is 35.5. The fraction of sp³-hybridized carbons (Fsp3) is 0.278. The molecule has 1 aromatic carbocycles. The molecule has 0 N–H and O–H groups in total. The minimum absolute atomic E-state index is 0.0572. The van der Waals surface area contributed by atoms with Gasteiger partial charge in [0, 0.05) is 15.6 Å². The van der Waals surface area contributed by atoms with Gasteiger partial charge in [0.05, 0.1) is 11.1 Å². The number of ether oxygens (including phenoxy) is 1. The number of allylic oxidation sites excluding steroid dienone is 1. The molecule has 0 spiro atoms. The fourth-order valence-electron chi connectivity index (χ4n) is 2.79. The van der Waals surface area contributed by atoms with Crippen molar-refractivity contribution in [2.45, 2.75) is 26.3 Å². The van der Waals surface area contributed by atoms with Gasteiger partial charge >= 0.3 is 0 Å². The minimum atomic E-state index is -0.617. The number of nitrogens with zero attached hydrogens (tertiary/aromatic N) is 1. The summed E-state index contributed by atoms with van der Waals surface area (Å²) in [6, 6.07) is 7.27. The minimum Gasteiger partial charge on any atom is -0.477 e. The van der Waals surface area contributed by atoms with Crippen molar-refractivity contribution in [2.75, 3.05) is 6.73 Å². The van der Waals surface area contributed by atoms with Crippen LogP contribution in [0.15, 0.2) is 40.8 Å². The Morgan fingerprint density at radius 3 is 2.46 bits per heavy atom. The summed E-state index contributed by atoms with van der Waals surface area (Å²) in [7, 11) is 0. The Kier molecular flexibility index (Phi) is 4.65. The Morgan fingerprint density at radius 1 is 1.21 bits per heavy atom. The molecule has 0 unspecified atom stereocenters. The first-order valence-corrected chi connectivity index (χ1v) is 9.15. The predicted octanol–water partition coefficient (Wildman–Crippen LogP) is 5.54. The smallest absolute Gasteiger partial charge is 0.261 e. The summed E-state index contributed by atoms with van der Waals surface area (Å²) in [5.41, 5.74) is 1.73. The van der Waals surface area contributed by atoms with Crippen LogP contribution >= 0.6 is 34.5 Å². The second-order valence-electron chi connectivity index (χ2n) is 6.17. The third-order valence-electron chi connectivity index (χ3n) is 4.27. The SMILES string of the molecule is CC1=C(c2ccsc2)C(=O)N(C(C)(C)c2cc(Cl)cc(Cl)c2)CO1. The van der Waals surface area contributed by atoms with Gasteiger partial charge in [-0.25, -0.2) is 0 Å². The van der Waals surface area contributed by atoms with Crippen molar-refractivity contribution in [3.8, 4) is 0 Å². The maximum atomic E-state index is 13.2. The highest BCUT2D eigenvalue weighted by Crippen LogP contribution is 2.37. The highest BCUT2D eigenvalue weighted by molar-refractivity contribution is 7.08. The fourth-order valence-corrected chi connectivity index (χ4v) is 3.96. The van der Waals surface area contributed by atoms with Crippen LogP contribution in [0.2, 0.25) is 10.0 Å². The van der Waals surface area contributed by atoms with Crippen molar-refractivity contribution in [1.82, 2.24) is 4.90 Å². The van der Waals surface area contributed by atoms with E-state index < -0.39 is 5.54 Å². The number of amides is 1. The van der Waals surface area contributed by atoms with Crippen LogP contribution in [0.3, 0.4) is 0 Å². The normalized spacial score (nSPS) is 15.7. The van der Waals surface area contributed by atoms with Crippen LogP contribution in [0.25, 0.3) is 5.57 Å². The Morgan fingerprint density at radius 2 is 1.88 bits per heavy atom. The zero-order valence-corrected chi connectivity index (χ0v) is 15.9. The summed E-state index contributed by atoms with van der Waals surface area (Å²) in [5.74, 6) is 0.591. The first-order chi connectivity index (χ1) is 11.3. The molecule has 3 nitrogen and oxygen atoms in total. The van der Waals surface area contributed by atoms with Crippen LogP contribution in [0.5, 0.6) is 0 Å². The Balaban J connectivity index is 2.02. The van der Waals surface area contributed by atoms with Gasteiger partial charge in [0.25, 0.3) is 5.91 Å². The molecule has 1 aromatic heterocycles. The average Bonchev–Trinajstić information content (AvgIpc) is 3.00. The maximum Gasteiger partial charge on any atom is 0.261 e. The van der Waals surface area contributed by atoms with E-state index in [0.29, 0.717) is 21.4 Å². The summed E-state index contributed by atoms with van der Waals surface area (Å²) in [6.45, 7) is 5.94. The van der Waals surface area contributed by atoms with Gasteiger partial charge in [0.1, 0.15) is 5.76 Å². The zero-order valence-electron chi connectivity index (χ0n) is 13.6. The first kappa shape index (κ1) is 17.3. The van der Waals surface area contributed by atoms with Crippen LogP contribution in [-0.2, 0) is 15.1 Å². The second kappa shape index (κ2) is 6.43. The molecule has 0 atom stereocenters. The van der Waals surface area contributed by atoms with E-state index in [0.717, 1.165) is 11.1 Å². The monoisotopic (exact) mass is 381 g/mol. The molecule has 126 valence electrons. The first-order valence-electron chi connectivity index (χ1n) is 7.45. The average molecular weight is 382 g/mol. The van der Waals surface area contributed by atoms with Crippen molar-refractivity contribution in [3.05, 3.63) is 62.0 Å². The lowest BCUT2D eigenvalue weighted by Gasteiger charge is -2.41. The van der Waals surface area contributed by atoms with E-state index in [9.17, 15) is 4.79 Å². The maximum absolute atomic E-state index is 13.2. The zero-order chi connectivity index (χ0) is 17.5. The van der Waals surface area contributed by atoms with E-state index in [2.05, 4.69) is 0 Å². The summed E-state index contributed by atoms with van der Waals surface area (Å²) in [6.07, 6.45) is 0. The quantitative estimate of drug-likeness (QED) is 0.698. The highest BCUT2D eigenvalue weighted by Gasteiger charge is 2.38. The second-order valence-corrected chi connectivity index (χ2v) is 7.82. The molecule has 0 saturated heterocycles. The van der Waals surface area contributed by atoms with Crippen LogP contribution in [-0.4, -0.2) is 17.5 Å². The number of carbonyl (C=O) groups excluding carboxylic acids is 1. The third-order valence-corrected chi connectivity index (χ3v) is 5.39. The van der Waals surface area contributed by atoms with Gasteiger partial charge in [0.15, 0.2) is 6.73 Å². The molecule has 6 heteroatoms. The van der Waals surface area contributed by atoms with Gasteiger partial charge in [-0.15, -0.1) is 0 Å². The molecule has 1 aliphatic heterocycles. The molecule has 0 radical (unpaired) electrons. The van der Waals surface area contributed by atoms with Crippen LogP contribution in [0.4, 0.5) is 0 Å². The number of halogens is 2. The molecule has 2 aromatic rings. The van der Waals surface area contributed by atoms with Crippen LogP contribution in [0.1, 0.15) is 31.9 Å². The van der Waals surface area contributed by atoms with Gasteiger partial charge < -0.3 is 4.74 Å². The van der Waals surface area contributed by atoms with Gasteiger partial charge in [-0.1, -0.05) is 23.2 Å². The standard InChI is InChI=1S/C18H17Cl2NO2S/c1-11-16(12-4-5-24-9-12)17(22)21(10-23-11)18(2,3)13-6-14(19)8-15(20)7-13/h4-9H,10H2,1-3H3. The Bertz CT molecular complexity index is 792. The number of rotatable bonds is 3. The van der Waals surface area contributed by atoms with Gasteiger partial charge in [-0.3, -0.25) is 9.69 Å². The lowest BCUT2D eigenvalue weighted by atomic mass is 9.90. The van der Waals surface area contributed by atoms with E-state index in [1.54, 1.807) is 22.3 Å². The number of hydrogen-bond acceptors (Lipinski definition) is 3. The van der Waals surface area contributed by atoms with E-state index in [-0.39, 0.29) is 12.6 Å². The third kappa shape index (κ3) is 3.06. The van der Waals surface area contributed by atoms with E-state index >= 15 is 0 Å². The molecule has 2 heterocycles. The molecule has 3 rings (SSSR count). The van der Waals surface area contributed by atoms with Crippen molar-refractivity contribution in [1.29, 1.82) is 0 Å². The molecule has 0 aliphatic carbocycles. The Labute approximate surface area is 155 Å². The molecule has 0 bridgehead atoms. The molecule has 0 fully saturated rings. The summed E-state index contributed by atoms with van der Waals surface area (Å²) in [5, 5.41) is 4.98. The Hall–Kier alpha value is -1.49. The van der Waals surface area contributed by atoms with Crippen molar-refractivity contribution in [3.63, 3.8) is 0 Å². The molecular weight excluding hydrogens is 365 g/mol. The predicted molar refractivity (Wildman–Crippen MR) is 99.2 cm³/mol. The van der Waals surface area contributed by atoms with Gasteiger partial charge in [-0.05, 0) is 61.4 Å². The molecular formula is C18H17Cl2NO2S. The lowest BCUT2D eigenvalue weighted by Crippen LogP contribution is -2.49. The van der Waals surface area contributed by atoms with Crippen molar-refractivity contribution in [2.24, 2.45) is 0 Å². The van der Waals surface area contributed by atoms with Gasteiger partial charge in [-0.2, -0.15) is 11.3 Å². The summed E-state index contributed by atoms with van der Waals surface area (Å²) in [4.78, 5) is 14.9. The lowest BCUT2D eigenvalue weighted by molar-refractivity contribution is -0.139. The van der Waals surface area contributed by atoms with E-state index in [4.69, 9.17) is 27.9 Å². The number of hydrogen-bond donors (Lipinski definition) is 0. The van der Waals surface area contributed by atoms with Crippen molar-refractivity contribution >= 4 is 46.0 Å². The molecule has 1 aliphatic rings. The van der Waals surface area contributed by atoms with Gasteiger partial charge in [0.2, 0.25) is 0 Å². The molecule has 0 saturated carbocycles. The van der Waals surface area contributed by atoms with E-state index in [1.807, 2.05) is 49.7 Å². The number of thiophene rings is 1. The molecule has 24 heavy (non-hydrogen) atoms. The van der Waals surface area contributed by atoms with Crippen LogP contribution in [0, 0.1) is 0 Å². The summed E-state index contributed by atoms with van der Waals surface area (Å²) >= 11 is 13.8. The number of benzene rings is 1. The summed E-state index contributed by atoms with van der Waals surface area (Å²) < 4.78 is 5.79. The van der Waals surface area contributed by atoms with Crippen molar-refractivity contribution < 1.29 is 9.53 Å². The largest absolute Gasteiger partial charge is 0.477 e. The molecule has 1 amide bonds. The topological polar surface area (TPSA) is 29.5 Å². The number of carbonyl (C=O) groups is 1. The van der Waals surface area contributed by atoms with E-state index in [1.165, 1.54) is 0 Å². The van der Waals surface area contributed by atoms with Crippen LogP contribution < -0.4 is 0 Å².